The highest BCUT2D eigenvalue weighted by Gasteiger charge is 2.12. The lowest BCUT2D eigenvalue weighted by Gasteiger charge is -2.12. The van der Waals surface area contributed by atoms with Crippen molar-refractivity contribution in [2.45, 2.75) is 27.2 Å². The summed E-state index contributed by atoms with van der Waals surface area (Å²) in [7, 11) is 0. The number of carbonyl (C=O) groups excluding carboxylic acids is 2. The number of rotatable bonds is 7. The molecule has 1 amide bonds. The van der Waals surface area contributed by atoms with E-state index < -0.39 is 0 Å². The Labute approximate surface area is 148 Å². The van der Waals surface area contributed by atoms with Gasteiger partial charge in [-0.1, -0.05) is 29.8 Å². The second-order valence-electron chi connectivity index (χ2n) is 5.81. The Morgan fingerprint density at radius 1 is 1.04 bits per heavy atom. The standard InChI is InChI=1S/C20H24N2O3/c1-4-25-20(24)16-7-5-6-8-18(16)21-12-11-19(23)22-17-10-9-14(2)13-15(17)3/h5-10,13,21H,4,11-12H2,1-3H3,(H,22,23). The normalized spacial score (nSPS) is 10.2. The predicted molar refractivity (Wildman–Crippen MR) is 100 cm³/mol. The molecule has 0 saturated carbocycles. The highest BCUT2D eigenvalue weighted by Crippen LogP contribution is 2.17. The van der Waals surface area contributed by atoms with Crippen LogP contribution in [0, 0.1) is 13.8 Å². The summed E-state index contributed by atoms with van der Waals surface area (Å²) in [5.41, 5.74) is 4.16. The Morgan fingerprint density at radius 2 is 1.80 bits per heavy atom. The summed E-state index contributed by atoms with van der Waals surface area (Å²) in [4.78, 5) is 24.0. The van der Waals surface area contributed by atoms with E-state index >= 15 is 0 Å². The van der Waals surface area contributed by atoms with Gasteiger partial charge < -0.3 is 15.4 Å². The molecule has 2 N–H and O–H groups in total. The number of hydrogen-bond donors (Lipinski definition) is 2. The molecule has 25 heavy (non-hydrogen) atoms. The second kappa shape index (κ2) is 8.87. The molecule has 0 saturated heterocycles. The number of para-hydroxylation sites is 1. The maximum absolute atomic E-state index is 12.1. The Bertz CT molecular complexity index is 756. The van der Waals surface area contributed by atoms with Gasteiger partial charge in [0.15, 0.2) is 0 Å². The molecular formula is C20H24N2O3. The number of ether oxygens (including phenoxy) is 1. The number of hydrogen-bond acceptors (Lipinski definition) is 4. The van der Waals surface area contributed by atoms with Gasteiger partial charge in [-0.3, -0.25) is 4.79 Å². The fraction of sp³-hybridized carbons (Fsp3) is 0.300. The zero-order valence-corrected chi connectivity index (χ0v) is 14.9. The molecular weight excluding hydrogens is 316 g/mol. The summed E-state index contributed by atoms with van der Waals surface area (Å²) in [5.74, 6) is -0.446. The van der Waals surface area contributed by atoms with E-state index in [1.165, 1.54) is 0 Å². The first-order valence-electron chi connectivity index (χ1n) is 8.38. The van der Waals surface area contributed by atoms with Crippen molar-refractivity contribution in [1.82, 2.24) is 0 Å². The molecule has 0 aliphatic carbocycles. The Hall–Kier alpha value is -2.82. The fourth-order valence-electron chi connectivity index (χ4n) is 2.50. The number of nitrogens with one attached hydrogen (secondary N) is 2. The summed E-state index contributed by atoms with van der Waals surface area (Å²) in [5, 5.41) is 6.04. The maximum Gasteiger partial charge on any atom is 0.340 e. The van der Waals surface area contributed by atoms with Crippen LogP contribution in [0.3, 0.4) is 0 Å². The number of carbonyl (C=O) groups is 2. The van der Waals surface area contributed by atoms with Crippen LogP contribution in [-0.2, 0) is 9.53 Å². The summed E-state index contributed by atoms with van der Waals surface area (Å²) in [6, 6.07) is 13.0. The van der Waals surface area contributed by atoms with Crippen LogP contribution in [0.25, 0.3) is 0 Å². The number of amides is 1. The van der Waals surface area contributed by atoms with E-state index in [1.807, 2.05) is 38.1 Å². The number of aryl methyl sites for hydroxylation is 2. The highest BCUT2D eigenvalue weighted by molar-refractivity contribution is 5.96. The average molecular weight is 340 g/mol. The third-order valence-electron chi connectivity index (χ3n) is 3.75. The lowest BCUT2D eigenvalue weighted by atomic mass is 10.1. The molecule has 2 aromatic rings. The number of anilines is 2. The third-order valence-corrected chi connectivity index (χ3v) is 3.75. The minimum atomic E-state index is -0.370. The van der Waals surface area contributed by atoms with Crippen molar-refractivity contribution in [3.8, 4) is 0 Å². The molecule has 0 heterocycles. The first kappa shape index (κ1) is 18.5. The van der Waals surface area contributed by atoms with E-state index in [4.69, 9.17) is 4.74 Å². The predicted octanol–water partition coefficient (Wildman–Crippen LogP) is 3.92. The molecule has 0 spiro atoms. The van der Waals surface area contributed by atoms with Crippen LogP contribution in [0.1, 0.15) is 34.8 Å². The van der Waals surface area contributed by atoms with Gasteiger partial charge in [-0.05, 0) is 44.5 Å². The van der Waals surface area contributed by atoms with Gasteiger partial charge in [-0.25, -0.2) is 4.79 Å². The Morgan fingerprint density at radius 3 is 2.52 bits per heavy atom. The summed E-state index contributed by atoms with van der Waals surface area (Å²) >= 11 is 0. The molecule has 0 unspecified atom stereocenters. The monoisotopic (exact) mass is 340 g/mol. The fourth-order valence-corrected chi connectivity index (χ4v) is 2.50. The highest BCUT2D eigenvalue weighted by atomic mass is 16.5. The molecule has 2 rings (SSSR count). The number of benzene rings is 2. The SMILES string of the molecule is CCOC(=O)c1ccccc1NCCC(=O)Nc1ccc(C)cc1C. The molecule has 0 aliphatic heterocycles. The van der Waals surface area contributed by atoms with Crippen LogP contribution >= 0.6 is 0 Å². The van der Waals surface area contributed by atoms with E-state index in [0.717, 1.165) is 16.8 Å². The van der Waals surface area contributed by atoms with E-state index in [-0.39, 0.29) is 11.9 Å². The average Bonchev–Trinajstić information content (AvgIpc) is 2.58. The zero-order valence-electron chi connectivity index (χ0n) is 14.9. The van der Waals surface area contributed by atoms with E-state index in [1.54, 1.807) is 25.1 Å². The molecule has 0 aliphatic rings. The summed E-state index contributed by atoms with van der Waals surface area (Å²) in [6.07, 6.45) is 0.296. The lowest BCUT2D eigenvalue weighted by Crippen LogP contribution is -2.18. The molecule has 5 heteroatoms. The van der Waals surface area contributed by atoms with E-state index in [9.17, 15) is 9.59 Å². The van der Waals surface area contributed by atoms with Gasteiger partial charge in [0.05, 0.1) is 12.2 Å². The quantitative estimate of drug-likeness (QED) is 0.750. The van der Waals surface area contributed by atoms with Gasteiger partial charge in [-0.2, -0.15) is 0 Å². The molecule has 132 valence electrons. The molecule has 0 fully saturated rings. The molecule has 0 radical (unpaired) electrons. The van der Waals surface area contributed by atoms with Crippen LogP contribution in [0.4, 0.5) is 11.4 Å². The molecule has 5 nitrogen and oxygen atoms in total. The summed E-state index contributed by atoms with van der Waals surface area (Å²) in [6.45, 7) is 6.50. The van der Waals surface area contributed by atoms with Gasteiger partial charge in [0.1, 0.15) is 0 Å². The third kappa shape index (κ3) is 5.35. The van der Waals surface area contributed by atoms with E-state index in [0.29, 0.717) is 30.8 Å². The Balaban J connectivity index is 1.90. The van der Waals surface area contributed by atoms with E-state index in [2.05, 4.69) is 10.6 Å². The van der Waals surface area contributed by atoms with Crippen molar-refractivity contribution in [2.75, 3.05) is 23.8 Å². The molecule has 0 bridgehead atoms. The van der Waals surface area contributed by atoms with Crippen LogP contribution in [0.15, 0.2) is 42.5 Å². The minimum Gasteiger partial charge on any atom is -0.462 e. The van der Waals surface area contributed by atoms with Gasteiger partial charge >= 0.3 is 5.97 Å². The van der Waals surface area contributed by atoms with Gasteiger partial charge in [0.2, 0.25) is 5.91 Å². The van der Waals surface area contributed by atoms with Crippen molar-refractivity contribution in [2.24, 2.45) is 0 Å². The summed E-state index contributed by atoms with van der Waals surface area (Å²) < 4.78 is 5.04. The first-order chi connectivity index (χ1) is 12.0. The smallest absolute Gasteiger partial charge is 0.340 e. The topological polar surface area (TPSA) is 67.4 Å². The largest absolute Gasteiger partial charge is 0.462 e. The van der Waals surface area contributed by atoms with Crippen molar-refractivity contribution in [3.05, 3.63) is 59.2 Å². The van der Waals surface area contributed by atoms with Crippen LogP contribution in [0.5, 0.6) is 0 Å². The van der Waals surface area contributed by atoms with Crippen LogP contribution < -0.4 is 10.6 Å². The Kier molecular flexibility index (Phi) is 6.57. The van der Waals surface area contributed by atoms with Crippen molar-refractivity contribution < 1.29 is 14.3 Å². The van der Waals surface area contributed by atoms with Crippen LogP contribution in [-0.4, -0.2) is 25.0 Å². The zero-order chi connectivity index (χ0) is 18.2. The van der Waals surface area contributed by atoms with Crippen LogP contribution in [0.2, 0.25) is 0 Å². The van der Waals surface area contributed by atoms with Gasteiger partial charge in [0.25, 0.3) is 0 Å². The maximum atomic E-state index is 12.1. The molecule has 2 aromatic carbocycles. The molecule has 0 atom stereocenters. The van der Waals surface area contributed by atoms with Crippen molar-refractivity contribution in [1.29, 1.82) is 0 Å². The molecule has 0 aromatic heterocycles. The number of esters is 1. The lowest BCUT2D eigenvalue weighted by molar-refractivity contribution is -0.115. The van der Waals surface area contributed by atoms with Crippen molar-refractivity contribution in [3.63, 3.8) is 0 Å². The van der Waals surface area contributed by atoms with Gasteiger partial charge in [0, 0.05) is 24.3 Å². The van der Waals surface area contributed by atoms with Crippen molar-refractivity contribution >= 4 is 23.3 Å². The second-order valence-corrected chi connectivity index (χ2v) is 5.81. The van der Waals surface area contributed by atoms with Gasteiger partial charge in [-0.15, -0.1) is 0 Å². The minimum absolute atomic E-state index is 0.0759. The first-order valence-corrected chi connectivity index (χ1v) is 8.38.